The molecule has 92 valence electrons. The summed E-state index contributed by atoms with van der Waals surface area (Å²) in [5.41, 5.74) is 0.372. The molecule has 1 aliphatic heterocycles. The van der Waals surface area contributed by atoms with Crippen molar-refractivity contribution in [3.05, 3.63) is 34.9 Å². The maximum atomic E-state index is 11.9. The first-order chi connectivity index (χ1) is 8.00. The average Bonchev–Trinajstić information content (AvgIpc) is 2.59. The number of rotatable bonds is 3. The molecule has 0 unspecified atom stereocenters. The Morgan fingerprint density at radius 2 is 2.06 bits per heavy atom. The lowest BCUT2D eigenvalue weighted by Crippen LogP contribution is -2.31. The second-order valence-electron chi connectivity index (χ2n) is 3.91. The van der Waals surface area contributed by atoms with E-state index in [9.17, 15) is 13.2 Å². The van der Waals surface area contributed by atoms with E-state index in [1.807, 2.05) is 0 Å². The van der Waals surface area contributed by atoms with Gasteiger partial charge in [-0.2, -0.15) is 4.31 Å². The minimum absolute atomic E-state index is 0.119. The molecule has 4 nitrogen and oxygen atoms in total. The van der Waals surface area contributed by atoms with Crippen molar-refractivity contribution in [2.24, 2.45) is 0 Å². The average molecular weight is 274 g/mol. The smallest absolute Gasteiger partial charge is 0.214 e. The molecule has 1 heterocycles. The Morgan fingerprint density at radius 3 is 2.65 bits per heavy atom. The van der Waals surface area contributed by atoms with Crippen LogP contribution in [0.4, 0.5) is 0 Å². The van der Waals surface area contributed by atoms with E-state index in [4.69, 9.17) is 11.6 Å². The number of benzene rings is 1. The number of Topliss-reactive ketones (excluding diaryl/α,β-unsaturated/α-hetero) is 1. The van der Waals surface area contributed by atoms with Crippen LogP contribution in [0.1, 0.15) is 16.8 Å². The normalized spacial score (nSPS) is 19.4. The molecule has 2 rings (SSSR count). The number of nitrogens with zero attached hydrogens (tertiary/aromatic N) is 1. The highest BCUT2D eigenvalue weighted by Crippen LogP contribution is 2.18. The van der Waals surface area contributed by atoms with Crippen LogP contribution in [0.5, 0.6) is 0 Å². The molecule has 1 fully saturated rings. The van der Waals surface area contributed by atoms with E-state index in [1.54, 1.807) is 24.3 Å². The summed E-state index contributed by atoms with van der Waals surface area (Å²) in [5, 5.41) is 0.356. The lowest BCUT2D eigenvalue weighted by molar-refractivity contribution is 0.0969. The van der Waals surface area contributed by atoms with Crippen LogP contribution < -0.4 is 0 Å². The summed E-state index contributed by atoms with van der Waals surface area (Å²) in [6.07, 6.45) is 0.581. The van der Waals surface area contributed by atoms with E-state index in [0.717, 1.165) is 0 Å². The molecule has 1 saturated heterocycles. The van der Waals surface area contributed by atoms with Gasteiger partial charge in [-0.15, -0.1) is 0 Å². The third-order valence-corrected chi connectivity index (χ3v) is 4.93. The first-order valence-corrected chi connectivity index (χ1v) is 7.25. The molecule has 1 aliphatic rings. The Kier molecular flexibility index (Phi) is 3.51. The van der Waals surface area contributed by atoms with Crippen LogP contribution in [0.3, 0.4) is 0 Å². The first kappa shape index (κ1) is 12.5. The number of halogens is 1. The number of hydrogen-bond donors (Lipinski definition) is 0. The largest absolute Gasteiger partial charge is 0.293 e. The summed E-state index contributed by atoms with van der Waals surface area (Å²) in [6, 6.07) is 6.66. The van der Waals surface area contributed by atoms with Gasteiger partial charge >= 0.3 is 0 Å². The Balaban J connectivity index is 2.16. The summed E-state index contributed by atoms with van der Waals surface area (Å²) in [4.78, 5) is 11.9. The summed E-state index contributed by atoms with van der Waals surface area (Å²) >= 11 is 5.89. The maximum Gasteiger partial charge on any atom is 0.214 e. The van der Waals surface area contributed by atoms with Crippen molar-refractivity contribution in [3.8, 4) is 0 Å². The van der Waals surface area contributed by atoms with Crippen molar-refractivity contribution in [1.82, 2.24) is 4.31 Å². The van der Waals surface area contributed by atoms with Gasteiger partial charge < -0.3 is 0 Å². The maximum absolute atomic E-state index is 11.9. The molecule has 6 heteroatoms. The SMILES string of the molecule is O=C(CN1CCCS1(=O)=O)c1ccccc1Cl. The fourth-order valence-electron chi connectivity index (χ4n) is 1.80. The number of hydrogen-bond acceptors (Lipinski definition) is 3. The van der Waals surface area contributed by atoms with Gasteiger partial charge in [0, 0.05) is 12.1 Å². The van der Waals surface area contributed by atoms with Crippen molar-refractivity contribution in [2.75, 3.05) is 18.8 Å². The molecule has 17 heavy (non-hydrogen) atoms. The predicted octanol–water partition coefficient (Wildman–Crippen LogP) is 1.56. The molecule has 0 aromatic heterocycles. The fraction of sp³-hybridized carbons (Fsp3) is 0.364. The van der Waals surface area contributed by atoms with Gasteiger partial charge in [0.2, 0.25) is 10.0 Å². The van der Waals surface area contributed by atoms with Crippen LogP contribution in [0.25, 0.3) is 0 Å². The number of ketones is 1. The quantitative estimate of drug-likeness (QED) is 0.786. The summed E-state index contributed by atoms with van der Waals surface area (Å²) < 4.78 is 24.3. The van der Waals surface area contributed by atoms with Crippen molar-refractivity contribution in [2.45, 2.75) is 6.42 Å². The molecule has 0 N–H and O–H groups in total. The zero-order valence-electron chi connectivity index (χ0n) is 9.10. The van der Waals surface area contributed by atoms with E-state index in [2.05, 4.69) is 0 Å². The van der Waals surface area contributed by atoms with Crippen molar-refractivity contribution in [1.29, 1.82) is 0 Å². The molecule has 0 aliphatic carbocycles. The molecular formula is C11H12ClNO3S. The van der Waals surface area contributed by atoms with Crippen LogP contribution in [-0.2, 0) is 10.0 Å². The predicted molar refractivity (Wildman–Crippen MR) is 65.8 cm³/mol. The molecule has 0 spiro atoms. The number of carbonyl (C=O) groups is 1. The van der Waals surface area contributed by atoms with Crippen molar-refractivity contribution in [3.63, 3.8) is 0 Å². The third kappa shape index (κ3) is 2.68. The van der Waals surface area contributed by atoms with E-state index >= 15 is 0 Å². The minimum atomic E-state index is -3.23. The minimum Gasteiger partial charge on any atom is -0.293 e. The second kappa shape index (κ2) is 4.76. The Hall–Kier alpha value is -0.910. The van der Waals surface area contributed by atoms with Gasteiger partial charge in [0.1, 0.15) is 0 Å². The van der Waals surface area contributed by atoms with Crippen LogP contribution in [0.15, 0.2) is 24.3 Å². The zero-order chi connectivity index (χ0) is 12.5. The molecule has 0 radical (unpaired) electrons. The van der Waals surface area contributed by atoms with Gasteiger partial charge in [-0.1, -0.05) is 23.7 Å². The van der Waals surface area contributed by atoms with Crippen molar-refractivity contribution < 1.29 is 13.2 Å². The van der Waals surface area contributed by atoms with Gasteiger partial charge in [-0.25, -0.2) is 8.42 Å². The van der Waals surface area contributed by atoms with E-state index < -0.39 is 10.0 Å². The highest BCUT2D eigenvalue weighted by molar-refractivity contribution is 7.89. The van der Waals surface area contributed by atoms with Gasteiger partial charge in [0.15, 0.2) is 5.78 Å². The molecule has 1 aromatic carbocycles. The molecule has 0 bridgehead atoms. The van der Waals surface area contributed by atoms with Crippen molar-refractivity contribution >= 4 is 27.4 Å². The fourth-order valence-corrected chi connectivity index (χ4v) is 3.52. The molecular weight excluding hydrogens is 262 g/mol. The molecule has 0 saturated carbocycles. The van der Waals surface area contributed by atoms with Crippen LogP contribution in [-0.4, -0.2) is 37.3 Å². The van der Waals surface area contributed by atoms with E-state index in [-0.39, 0.29) is 18.1 Å². The lowest BCUT2D eigenvalue weighted by atomic mass is 10.1. The van der Waals surface area contributed by atoms with Gasteiger partial charge in [0.25, 0.3) is 0 Å². The monoisotopic (exact) mass is 273 g/mol. The Morgan fingerprint density at radius 1 is 1.35 bits per heavy atom. The highest BCUT2D eigenvalue weighted by Gasteiger charge is 2.30. The summed E-state index contributed by atoms with van der Waals surface area (Å²) in [7, 11) is -3.23. The van der Waals surface area contributed by atoms with Crippen LogP contribution in [0.2, 0.25) is 5.02 Å². The number of carbonyl (C=O) groups excluding carboxylic acids is 1. The Bertz CT molecular complexity index is 541. The lowest BCUT2D eigenvalue weighted by Gasteiger charge is -2.13. The Labute approximate surface area is 105 Å². The second-order valence-corrected chi connectivity index (χ2v) is 6.40. The molecule has 0 atom stereocenters. The van der Waals surface area contributed by atoms with Crippen LogP contribution >= 0.6 is 11.6 Å². The third-order valence-electron chi connectivity index (χ3n) is 2.70. The standard InChI is InChI=1S/C11H12ClNO3S/c12-10-5-2-1-4-9(10)11(14)8-13-6-3-7-17(13,15)16/h1-2,4-5H,3,6-8H2. The van der Waals surface area contributed by atoms with Crippen LogP contribution in [0, 0.1) is 0 Å². The van der Waals surface area contributed by atoms with E-state index in [1.165, 1.54) is 4.31 Å². The molecule has 1 aromatic rings. The molecule has 0 amide bonds. The van der Waals surface area contributed by atoms with Gasteiger partial charge in [-0.3, -0.25) is 4.79 Å². The highest BCUT2D eigenvalue weighted by atomic mass is 35.5. The number of sulfonamides is 1. The van der Waals surface area contributed by atoms with E-state index in [0.29, 0.717) is 23.6 Å². The van der Waals surface area contributed by atoms with Gasteiger partial charge in [-0.05, 0) is 18.6 Å². The summed E-state index contributed by atoms with van der Waals surface area (Å²) in [5.74, 6) is -0.135. The first-order valence-electron chi connectivity index (χ1n) is 5.26. The topological polar surface area (TPSA) is 54.5 Å². The zero-order valence-corrected chi connectivity index (χ0v) is 10.7. The summed E-state index contributed by atoms with van der Waals surface area (Å²) in [6.45, 7) is 0.296. The van der Waals surface area contributed by atoms with Gasteiger partial charge in [0.05, 0.1) is 17.3 Å².